The van der Waals surface area contributed by atoms with E-state index in [1.54, 1.807) is 0 Å². The van der Waals surface area contributed by atoms with Crippen molar-refractivity contribution in [2.24, 2.45) is 17.6 Å². The Hall–Kier alpha value is -0.610. The number of hydrogen-bond donors (Lipinski definition) is 3. The molecule has 0 aromatic heterocycles. The van der Waals surface area contributed by atoms with E-state index in [0.29, 0.717) is 0 Å². The zero-order valence-corrected chi connectivity index (χ0v) is 11.0. The van der Waals surface area contributed by atoms with Gasteiger partial charge in [-0.25, -0.2) is 0 Å². The van der Waals surface area contributed by atoms with Crippen LogP contribution < -0.4 is 11.1 Å². The van der Waals surface area contributed by atoms with E-state index in [9.17, 15) is 4.79 Å². The SMILES string of the molecule is CC(CO)C(C)NC(=O)C1CCCCCC1N. The minimum Gasteiger partial charge on any atom is -0.396 e. The molecule has 0 aliphatic heterocycles. The van der Waals surface area contributed by atoms with Gasteiger partial charge in [-0.05, 0) is 25.7 Å². The van der Waals surface area contributed by atoms with Gasteiger partial charge in [0.05, 0.1) is 5.92 Å². The summed E-state index contributed by atoms with van der Waals surface area (Å²) in [5.41, 5.74) is 6.05. The van der Waals surface area contributed by atoms with Gasteiger partial charge in [0.15, 0.2) is 0 Å². The highest BCUT2D eigenvalue weighted by Gasteiger charge is 2.28. The fourth-order valence-corrected chi connectivity index (χ4v) is 2.29. The van der Waals surface area contributed by atoms with Crippen LogP contribution in [0.25, 0.3) is 0 Å². The van der Waals surface area contributed by atoms with Crippen LogP contribution in [0.2, 0.25) is 0 Å². The molecule has 0 aromatic carbocycles. The van der Waals surface area contributed by atoms with Crippen LogP contribution in [0.1, 0.15) is 46.0 Å². The molecule has 1 aliphatic carbocycles. The molecule has 17 heavy (non-hydrogen) atoms. The number of carbonyl (C=O) groups excluding carboxylic acids is 1. The van der Waals surface area contributed by atoms with Crippen LogP contribution in [0.3, 0.4) is 0 Å². The topological polar surface area (TPSA) is 75.3 Å². The second kappa shape index (κ2) is 6.97. The summed E-state index contributed by atoms with van der Waals surface area (Å²) >= 11 is 0. The van der Waals surface area contributed by atoms with Gasteiger partial charge in [-0.1, -0.05) is 26.2 Å². The number of aliphatic hydroxyl groups excluding tert-OH is 1. The van der Waals surface area contributed by atoms with Crippen LogP contribution in [0.5, 0.6) is 0 Å². The van der Waals surface area contributed by atoms with Crippen LogP contribution in [0, 0.1) is 11.8 Å². The van der Waals surface area contributed by atoms with E-state index in [0.717, 1.165) is 25.7 Å². The highest BCUT2D eigenvalue weighted by Crippen LogP contribution is 2.22. The van der Waals surface area contributed by atoms with Gasteiger partial charge in [0, 0.05) is 18.7 Å². The quantitative estimate of drug-likeness (QED) is 0.644. The lowest BCUT2D eigenvalue weighted by Gasteiger charge is -2.25. The number of rotatable bonds is 4. The van der Waals surface area contributed by atoms with E-state index < -0.39 is 0 Å². The van der Waals surface area contributed by atoms with E-state index in [1.807, 2.05) is 13.8 Å². The molecule has 1 aliphatic rings. The Bertz CT molecular complexity index is 246. The number of hydrogen-bond acceptors (Lipinski definition) is 3. The fourth-order valence-electron chi connectivity index (χ4n) is 2.29. The molecule has 0 spiro atoms. The summed E-state index contributed by atoms with van der Waals surface area (Å²) in [5, 5.41) is 12.0. The second-order valence-corrected chi connectivity index (χ2v) is 5.37. The second-order valence-electron chi connectivity index (χ2n) is 5.37. The minimum atomic E-state index is -0.0501. The van der Waals surface area contributed by atoms with Crippen molar-refractivity contribution < 1.29 is 9.90 Å². The van der Waals surface area contributed by atoms with Gasteiger partial charge in [0.25, 0.3) is 0 Å². The van der Waals surface area contributed by atoms with Gasteiger partial charge in [-0.15, -0.1) is 0 Å². The lowest BCUT2D eigenvalue weighted by Crippen LogP contribution is -2.46. The third-order valence-electron chi connectivity index (χ3n) is 3.92. The normalized spacial score (nSPS) is 29.2. The highest BCUT2D eigenvalue weighted by molar-refractivity contribution is 5.79. The summed E-state index contributed by atoms with van der Waals surface area (Å²) in [5.74, 6) is 0.0963. The lowest BCUT2D eigenvalue weighted by molar-refractivity contribution is -0.126. The Morgan fingerprint density at radius 1 is 1.35 bits per heavy atom. The van der Waals surface area contributed by atoms with Crippen molar-refractivity contribution in [2.75, 3.05) is 6.61 Å². The molecule has 1 saturated carbocycles. The molecule has 1 amide bonds. The standard InChI is InChI=1S/C13H26N2O2/c1-9(8-16)10(2)15-13(17)11-6-4-3-5-7-12(11)14/h9-12,16H,3-8,14H2,1-2H3,(H,15,17). The van der Waals surface area contributed by atoms with Crippen molar-refractivity contribution in [3.05, 3.63) is 0 Å². The van der Waals surface area contributed by atoms with Crippen molar-refractivity contribution >= 4 is 5.91 Å². The Labute approximate surface area is 104 Å². The molecule has 4 N–H and O–H groups in total. The first-order valence-electron chi connectivity index (χ1n) is 6.73. The summed E-state index contributed by atoms with van der Waals surface area (Å²) in [4.78, 5) is 12.1. The highest BCUT2D eigenvalue weighted by atomic mass is 16.3. The molecule has 0 radical (unpaired) electrons. The van der Waals surface area contributed by atoms with E-state index >= 15 is 0 Å². The Morgan fingerprint density at radius 3 is 2.65 bits per heavy atom. The third-order valence-corrected chi connectivity index (χ3v) is 3.92. The van der Waals surface area contributed by atoms with Gasteiger partial charge in [-0.3, -0.25) is 4.79 Å². The third kappa shape index (κ3) is 4.28. The van der Waals surface area contributed by atoms with Crippen LogP contribution in [0.15, 0.2) is 0 Å². The number of amides is 1. The molecular formula is C13H26N2O2. The monoisotopic (exact) mass is 242 g/mol. The summed E-state index contributed by atoms with van der Waals surface area (Å²) in [6.45, 7) is 3.96. The average molecular weight is 242 g/mol. The van der Waals surface area contributed by atoms with Crippen molar-refractivity contribution in [3.63, 3.8) is 0 Å². The molecule has 1 fully saturated rings. The number of carbonyl (C=O) groups is 1. The van der Waals surface area contributed by atoms with Crippen LogP contribution in [0.4, 0.5) is 0 Å². The van der Waals surface area contributed by atoms with E-state index in [2.05, 4.69) is 5.32 Å². The zero-order valence-electron chi connectivity index (χ0n) is 11.0. The lowest BCUT2D eigenvalue weighted by atomic mass is 9.93. The van der Waals surface area contributed by atoms with E-state index in [1.165, 1.54) is 6.42 Å². The van der Waals surface area contributed by atoms with Gasteiger partial charge in [0.2, 0.25) is 5.91 Å². The number of nitrogens with two attached hydrogens (primary N) is 1. The molecule has 4 nitrogen and oxygen atoms in total. The van der Waals surface area contributed by atoms with Gasteiger partial charge in [-0.2, -0.15) is 0 Å². The van der Waals surface area contributed by atoms with Crippen molar-refractivity contribution in [3.8, 4) is 0 Å². The maximum atomic E-state index is 12.1. The average Bonchev–Trinajstić information content (AvgIpc) is 2.52. The Kier molecular flexibility index (Phi) is 5.92. The molecular weight excluding hydrogens is 216 g/mol. The van der Waals surface area contributed by atoms with Gasteiger partial charge < -0.3 is 16.2 Å². The van der Waals surface area contributed by atoms with Gasteiger partial charge in [0.1, 0.15) is 0 Å². The zero-order chi connectivity index (χ0) is 12.8. The molecule has 0 bridgehead atoms. The first-order chi connectivity index (χ1) is 8.06. The molecule has 0 saturated heterocycles. The minimum absolute atomic E-state index is 0.00273. The maximum Gasteiger partial charge on any atom is 0.224 e. The van der Waals surface area contributed by atoms with Crippen LogP contribution in [-0.4, -0.2) is 29.7 Å². The summed E-state index contributed by atoms with van der Waals surface area (Å²) in [6, 6.07) is -0.00270. The fraction of sp³-hybridized carbons (Fsp3) is 0.923. The molecule has 100 valence electrons. The Balaban J connectivity index is 2.50. The number of nitrogens with one attached hydrogen (secondary N) is 1. The van der Waals surface area contributed by atoms with Crippen molar-refractivity contribution in [2.45, 2.75) is 58.0 Å². The predicted molar refractivity (Wildman–Crippen MR) is 68.4 cm³/mol. The predicted octanol–water partition coefficient (Wildman–Crippen LogP) is 1.03. The van der Waals surface area contributed by atoms with E-state index in [4.69, 9.17) is 10.8 Å². The van der Waals surface area contributed by atoms with E-state index in [-0.39, 0.29) is 36.4 Å². The largest absolute Gasteiger partial charge is 0.396 e. The summed E-state index contributed by atoms with van der Waals surface area (Å²) in [6.07, 6.45) is 5.25. The molecule has 0 heterocycles. The molecule has 1 rings (SSSR count). The molecule has 0 aromatic rings. The molecule has 4 unspecified atom stereocenters. The van der Waals surface area contributed by atoms with Crippen molar-refractivity contribution in [1.82, 2.24) is 5.32 Å². The Morgan fingerprint density at radius 2 is 2.00 bits per heavy atom. The van der Waals surface area contributed by atoms with Crippen LogP contribution >= 0.6 is 0 Å². The summed E-state index contributed by atoms with van der Waals surface area (Å²) in [7, 11) is 0. The van der Waals surface area contributed by atoms with Gasteiger partial charge >= 0.3 is 0 Å². The van der Waals surface area contributed by atoms with Crippen LogP contribution in [-0.2, 0) is 4.79 Å². The first-order valence-corrected chi connectivity index (χ1v) is 6.73. The molecule has 4 atom stereocenters. The number of aliphatic hydroxyl groups is 1. The molecule has 4 heteroatoms. The van der Waals surface area contributed by atoms with Crippen molar-refractivity contribution in [1.29, 1.82) is 0 Å². The first kappa shape index (κ1) is 14.5. The summed E-state index contributed by atoms with van der Waals surface area (Å²) < 4.78 is 0. The maximum absolute atomic E-state index is 12.1. The smallest absolute Gasteiger partial charge is 0.224 e.